The molecule has 2 aromatic carbocycles. The number of rotatable bonds is 6. The molecule has 11 heteroatoms. The predicted octanol–water partition coefficient (Wildman–Crippen LogP) is 3.60. The number of H-pyrrole nitrogens is 1. The van der Waals surface area contributed by atoms with Gasteiger partial charge < -0.3 is 5.73 Å². The summed E-state index contributed by atoms with van der Waals surface area (Å²) >= 11 is 0. The van der Waals surface area contributed by atoms with E-state index in [1.165, 1.54) is 16.7 Å². The summed E-state index contributed by atoms with van der Waals surface area (Å²) in [6.07, 6.45) is 1.64. The second-order valence-corrected chi connectivity index (χ2v) is 8.76. The minimum atomic E-state index is -0.859. The van der Waals surface area contributed by atoms with Gasteiger partial charge in [0.25, 0.3) is 5.56 Å². The lowest BCUT2D eigenvalue weighted by Crippen LogP contribution is -2.29. The average Bonchev–Trinajstić information content (AvgIpc) is 3.38. The number of hydrogen-bond donors (Lipinski definition) is 2. The van der Waals surface area contributed by atoms with Crippen molar-refractivity contribution >= 4 is 10.9 Å². The second kappa shape index (κ2) is 9.34. The van der Waals surface area contributed by atoms with Crippen LogP contribution in [0, 0.1) is 11.6 Å². The number of nitrogens with two attached hydrogens (primary N) is 1. The Kier molecular flexibility index (Phi) is 6.06. The number of tetrazole rings is 1. The van der Waals surface area contributed by atoms with Crippen molar-refractivity contribution < 1.29 is 8.78 Å². The first kappa shape index (κ1) is 23.4. The summed E-state index contributed by atoms with van der Waals surface area (Å²) in [5.41, 5.74) is 8.83. The van der Waals surface area contributed by atoms with Crippen molar-refractivity contribution in [3.05, 3.63) is 93.8 Å². The number of nitrogens with zero attached hydrogens (tertiary/aromatic N) is 6. The van der Waals surface area contributed by atoms with Gasteiger partial charge in [-0.3, -0.25) is 14.3 Å². The van der Waals surface area contributed by atoms with Gasteiger partial charge in [-0.25, -0.2) is 13.8 Å². The van der Waals surface area contributed by atoms with Crippen LogP contribution in [-0.4, -0.2) is 35.2 Å². The van der Waals surface area contributed by atoms with Gasteiger partial charge in [-0.15, -0.1) is 10.2 Å². The topological polar surface area (TPSA) is 128 Å². The van der Waals surface area contributed by atoms with Crippen molar-refractivity contribution in [2.75, 3.05) is 0 Å². The molecule has 0 spiro atoms. The summed E-state index contributed by atoms with van der Waals surface area (Å²) < 4.78 is 29.0. The van der Waals surface area contributed by atoms with Crippen molar-refractivity contribution in [2.45, 2.75) is 32.2 Å². The fourth-order valence-electron chi connectivity index (χ4n) is 4.07. The third kappa shape index (κ3) is 4.48. The van der Waals surface area contributed by atoms with Gasteiger partial charge in [0.1, 0.15) is 17.5 Å². The molecule has 5 rings (SSSR count). The van der Waals surface area contributed by atoms with Gasteiger partial charge in [0.2, 0.25) is 5.82 Å². The molecule has 5 aromatic rings. The van der Waals surface area contributed by atoms with Crippen LogP contribution in [0.5, 0.6) is 0 Å². The summed E-state index contributed by atoms with van der Waals surface area (Å²) in [5.74, 6) is -0.642. The van der Waals surface area contributed by atoms with Crippen LogP contribution in [0.4, 0.5) is 8.78 Å². The number of hydrogen-bond acceptors (Lipinski definition) is 7. The third-order valence-corrected chi connectivity index (χ3v) is 5.83. The zero-order chi connectivity index (χ0) is 25.4. The molecule has 0 saturated carbocycles. The highest BCUT2D eigenvalue weighted by Crippen LogP contribution is 2.24. The van der Waals surface area contributed by atoms with E-state index in [1.807, 2.05) is 19.9 Å². The van der Waals surface area contributed by atoms with Gasteiger partial charge in [-0.1, -0.05) is 19.9 Å². The number of fused-ring (bicyclic) bond motifs is 1. The van der Waals surface area contributed by atoms with Gasteiger partial charge in [0, 0.05) is 17.3 Å². The molecule has 0 fully saturated rings. The van der Waals surface area contributed by atoms with Crippen molar-refractivity contribution in [3.63, 3.8) is 0 Å². The first-order valence-corrected chi connectivity index (χ1v) is 11.3. The molecule has 0 aliphatic rings. The maximum absolute atomic E-state index is 13.8. The zero-order valence-corrected chi connectivity index (χ0v) is 19.5. The van der Waals surface area contributed by atoms with Crippen LogP contribution in [0.25, 0.3) is 28.0 Å². The van der Waals surface area contributed by atoms with Gasteiger partial charge >= 0.3 is 0 Å². The Morgan fingerprint density at radius 2 is 1.83 bits per heavy atom. The largest absolute Gasteiger partial charge is 0.321 e. The Labute approximate surface area is 204 Å². The fraction of sp³-hybridized carbons (Fsp3) is 0.200. The monoisotopic (exact) mass is 488 g/mol. The zero-order valence-electron chi connectivity index (χ0n) is 19.5. The van der Waals surface area contributed by atoms with E-state index in [1.54, 1.807) is 30.5 Å². The Morgan fingerprint density at radius 3 is 2.47 bits per heavy atom. The number of pyridine rings is 1. The van der Waals surface area contributed by atoms with E-state index in [2.05, 4.69) is 25.6 Å². The van der Waals surface area contributed by atoms with E-state index >= 15 is 0 Å². The molecule has 3 N–H and O–H groups in total. The van der Waals surface area contributed by atoms with Gasteiger partial charge in [-0.2, -0.15) is 5.21 Å². The highest BCUT2D eigenvalue weighted by atomic mass is 19.1. The van der Waals surface area contributed by atoms with Gasteiger partial charge in [0.05, 0.1) is 28.8 Å². The summed E-state index contributed by atoms with van der Waals surface area (Å²) in [6, 6.07) is 11.0. The number of aromatic nitrogens is 7. The van der Waals surface area contributed by atoms with Crippen LogP contribution in [0.3, 0.4) is 0 Å². The van der Waals surface area contributed by atoms with Crippen LogP contribution in [-0.2, 0) is 6.42 Å². The highest BCUT2D eigenvalue weighted by Gasteiger charge is 2.21. The molecule has 0 amide bonds. The number of benzene rings is 2. The Morgan fingerprint density at radius 1 is 1.06 bits per heavy atom. The maximum Gasteiger partial charge on any atom is 0.266 e. The second-order valence-electron chi connectivity index (χ2n) is 8.76. The number of nitrogens with one attached hydrogen (secondary N) is 1. The van der Waals surface area contributed by atoms with E-state index in [4.69, 9.17) is 10.7 Å². The van der Waals surface area contributed by atoms with Crippen LogP contribution in [0.15, 0.2) is 59.5 Å². The first-order chi connectivity index (χ1) is 17.3. The molecule has 1 atom stereocenters. The minimum Gasteiger partial charge on any atom is -0.321 e. The first-order valence-electron chi connectivity index (χ1n) is 11.3. The molecule has 3 aromatic heterocycles. The lowest BCUT2D eigenvalue weighted by molar-refractivity contribution is 0.572. The van der Waals surface area contributed by atoms with Crippen molar-refractivity contribution in [2.24, 2.45) is 5.73 Å². The average molecular weight is 489 g/mol. The fourth-order valence-corrected chi connectivity index (χ4v) is 4.07. The number of halogens is 2. The maximum atomic E-state index is 13.8. The lowest BCUT2D eigenvalue weighted by Gasteiger charge is -2.19. The van der Waals surface area contributed by atoms with Crippen molar-refractivity contribution in [1.82, 2.24) is 35.2 Å². The van der Waals surface area contributed by atoms with E-state index in [9.17, 15) is 13.6 Å². The van der Waals surface area contributed by atoms with Crippen LogP contribution >= 0.6 is 0 Å². The Bertz CT molecular complexity index is 1580. The molecule has 0 aliphatic carbocycles. The molecule has 0 radical (unpaired) electrons. The molecule has 36 heavy (non-hydrogen) atoms. The summed E-state index contributed by atoms with van der Waals surface area (Å²) in [7, 11) is 0. The summed E-state index contributed by atoms with van der Waals surface area (Å²) in [5, 5.41) is 14.2. The van der Waals surface area contributed by atoms with Crippen LogP contribution < -0.4 is 11.3 Å². The summed E-state index contributed by atoms with van der Waals surface area (Å²) in [4.78, 5) is 22.9. The molecular formula is C25H22F2N8O. The quantitative estimate of drug-likeness (QED) is 0.374. The Hall–Kier alpha value is -4.38. The SMILES string of the molecule is CC(C)c1ccc(-n2c(C(N)Cc3cc(F)cc(F)c3)nc3cc(-c4nn[nH]n4)ccc3c2=O)cn1. The number of aromatic amines is 1. The molecule has 1 unspecified atom stereocenters. The molecule has 3 heterocycles. The highest BCUT2D eigenvalue weighted by molar-refractivity contribution is 5.82. The molecule has 0 bridgehead atoms. The molecule has 9 nitrogen and oxygen atoms in total. The molecular weight excluding hydrogens is 466 g/mol. The van der Waals surface area contributed by atoms with E-state index < -0.39 is 17.7 Å². The van der Waals surface area contributed by atoms with E-state index in [0.29, 0.717) is 33.5 Å². The third-order valence-electron chi connectivity index (χ3n) is 5.83. The standard InChI is InChI=1S/C25H22F2N8O/c1-13(2)21-6-4-18(12-29-21)35-24(20(28)9-14-7-16(26)11-17(27)8-14)30-22-10-15(23-31-33-34-32-23)3-5-19(22)25(35)36/h3-8,10-13,20H,9,28H2,1-2H3,(H,31,32,33,34). The summed E-state index contributed by atoms with van der Waals surface area (Å²) in [6.45, 7) is 4.04. The minimum absolute atomic E-state index is 0.0503. The predicted molar refractivity (Wildman–Crippen MR) is 129 cm³/mol. The molecule has 0 saturated heterocycles. The van der Waals surface area contributed by atoms with Crippen LogP contribution in [0.2, 0.25) is 0 Å². The van der Waals surface area contributed by atoms with E-state index in [0.717, 1.165) is 11.8 Å². The van der Waals surface area contributed by atoms with Gasteiger partial charge in [0.15, 0.2) is 0 Å². The van der Waals surface area contributed by atoms with Crippen molar-refractivity contribution in [3.8, 4) is 17.1 Å². The molecule has 182 valence electrons. The normalized spacial score (nSPS) is 12.4. The molecule has 0 aliphatic heterocycles. The lowest BCUT2D eigenvalue weighted by atomic mass is 10.0. The van der Waals surface area contributed by atoms with Crippen molar-refractivity contribution in [1.29, 1.82) is 0 Å². The Balaban J connectivity index is 1.68. The van der Waals surface area contributed by atoms with Gasteiger partial charge in [-0.05, 0) is 59.5 Å². The van der Waals surface area contributed by atoms with E-state index in [-0.39, 0.29) is 23.7 Å². The van der Waals surface area contributed by atoms with Crippen LogP contribution in [0.1, 0.15) is 42.9 Å². The smallest absolute Gasteiger partial charge is 0.266 e.